The van der Waals surface area contributed by atoms with Gasteiger partial charge in [-0.2, -0.15) is 18.3 Å². The van der Waals surface area contributed by atoms with E-state index >= 15 is 0 Å². The molecule has 1 aliphatic rings. The van der Waals surface area contributed by atoms with Crippen LogP contribution in [0.4, 0.5) is 13.2 Å². The van der Waals surface area contributed by atoms with Crippen molar-refractivity contribution in [3.05, 3.63) is 105 Å². The summed E-state index contributed by atoms with van der Waals surface area (Å²) >= 11 is 12.4. The summed E-state index contributed by atoms with van der Waals surface area (Å²) in [5, 5.41) is 4.09. The molecule has 1 unspecified atom stereocenters. The fraction of sp³-hybridized carbons (Fsp3) is 0.240. The maximum Gasteiger partial charge on any atom is 0.435 e. The van der Waals surface area contributed by atoms with Gasteiger partial charge >= 0.3 is 6.18 Å². The van der Waals surface area contributed by atoms with Crippen LogP contribution < -0.4 is 0 Å². The molecule has 1 aliphatic carbocycles. The first kappa shape index (κ1) is 23.5. The largest absolute Gasteiger partial charge is 0.488 e. The number of ether oxygens (including phenoxy) is 1. The minimum Gasteiger partial charge on any atom is -0.488 e. The molecule has 1 heterocycles. The molecule has 1 aromatic heterocycles. The second-order valence-corrected chi connectivity index (χ2v) is 8.72. The summed E-state index contributed by atoms with van der Waals surface area (Å²) in [5.41, 5.74) is 3.05. The standard InChI is InChI=1S/C25H21Cl2F3N2O/c1-15-5-3-6-16(2)23(15)17-9-11-19(12-10-17)33-14-18-13-22(25(28,29)30)31-32(18)24-20(26)7-4-8-21(24)27/h3-9,11-13,17H,10,14H2,1-2H3. The normalized spacial score (nSPS) is 16.1. The Labute approximate surface area is 200 Å². The van der Waals surface area contributed by atoms with Crippen LogP contribution in [-0.4, -0.2) is 9.78 Å². The summed E-state index contributed by atoms with van der Waals surface area (Å²) in [6.45, 7) is 4.05. The molecule has 1 atom stereocenters. The predicted octanol–water partition coefficient (Wildman–Crippen LogP) is 7.96. The molecule has 33 heavy (non-hydrogen) atoms. The molecule has 0 spiro atoms. The Morgan fingerprint density at radius 1 is 1.06 bits per heavy atom. The Kier molecular flexibility index (Phi) is 6.59. The lowest BCUT2D eigenvalue weighted by Crippen LogP contribution is -2.09. The monoisotopic (exact) mass is 492 g/mol. The fourth-order valence-corrected chi connectivity index (χ4v) is 4.59. The average Bonchev–Trinajstić information content (AvgIpc) is 3.17. The number of aromatic nitrogens is 2. The van der Waals surface area contributed by atoms with Crippen molar-refractivity contribution in [1.82, 2.24) is 9.78 Å². The number of hydrogen-bond acceptors (Lipinski definition) is 2. The lowest BCUT2D eigenvalue weighted by Gasteiger charge is -2.21. The zero-order chi connectivity index (χ0) is 23.8. The Bertz CT molecular complexity index is 1200. The lowest BCUT2D eigenvalue weighted by molar-refractivity contribution is -0.141. The summed E-state index contributed by atoms with van der Waals surface area (Å²) in [6, 6.07) is 11.9. The Morgan fingerprint density at radius 3 is 2.27 bits per heavy atom. The number of benzene rings is 2. The molecule has 0 fully saturated rings. The summed E-state index contributed by atoms with van der Waals surface area (Å²) in [4.78, 5) is 0. The van der Waals surface area contributed by atoms with Gasteiger partial charge in [0, 0.05) is 5.92 Å². The third-order valence-electron chi connectivity index (χ3n) is 5.59. The third-order valence-corrected chi connectivity index (χ3v) is 6.20. The van der Waals surface area contributed by atoms with Gasteiger partial charge in [0.05, 0.1) is 15.7 Å². The van der Waals surface area contributed by atoms with Crippen molar-refractivity contribution in [3.8, 4) is 5.69 Å². The second-order valence-electron chi connectivity index (χ2n) is 7.90. The number of rotatable bonds is 5. The Hall–Kier alpha value is -2.70. The highest BCUT2D eigenvalue weighted by molar-refractivity contribution is 6.37. The zero-order valence-corrected chi connectivity index (χ0v) is 19.5. The molecule has 2 aromatic carbocycles. The van der Waals surface area contributed by atoms with Crippen LogP contribution in [0, 0.1) is 13.8 Å². The van der Waals surface area contributed by atoms with E-state index in [2.05, 4.69) is 37.2 Å². The van der Waals surface area contributed by atoms with E-state index in [4.69, 9.17) is 27.9 Å². The van der Waals surface area contributed by atoms with Crippen LogP contribution in [0.15, 0.2) is 66.5 Å². The maximum absolute atomic E-state index is 13.4. The molecule has 8 heteroatoms. The van der Waals surface area contributed by atoms with Crippen molar-refractivity contribution in [2.75, 3.05) is 0 Å². The van der Waals surface area contributed by atoms with E-state index < -0.39 is 11.9 Å². The molecule has 0 N–H and O–H groups in total. The van der Waals surface area contributed by atoms with Gasteiger partial charge in [0.15, 0.2) is 5.69 Å². The highest BCUT2D eigenvalue weighted by atomic mass is 35.5. The van der Waals surface area contributed by atoms with E-state index in [9.17, 15) is 13.2 Å². The minimum absolute atomic E-state index is 0.130. The quantitative estimate of drug-likeness (QED) is 0.361. The molecule has 0 saturated carbocycles. The third kappa shape index (κ3) is 4.97. The lowest BCUT2D eigenvalue weighted by atomic mass is 9.86. The molecule has 4 rings (SSSR count). The highest BCUT2D eigenvalue weighted by Gasteiger charge is 2.35. The zero-order valence-electron chi connectivity index (χ0n) is 18.0. The highest BCUT2D eigenvalue weighted by Crippen LogP contribution is 2.35. The van der Waals surface area contributed by atoms with E-state index in [0.717, 1.165) is 17.2 Å². The smallest absolute Gasteiger partial charge is 0.435 e. The van der Waals surface area contributed by atoms with E-state index in [1.165, 1.54) is 16.7 Å². The van der Waals surface area contributed by atoms with Gasteiger partial charge < -0.3 is 4.74 Å². The van der Waals surface area contributed by atoms with Crippen molar-refractivity contribution in [3.63, 3.8) is 0 Å². The molecule has 0 amide bonds. The average molecular weight is 493 g/mol. The molecule has 3 nitrogen and oxygen atoms in total. The van der Waals surface area contributed by atoms with Gasteiger partial charge in [0.2, 0.25) is 0 Å². The van der Waals surface area contributed by atoms with Gasteiger partial charge in [-0.15, -0.1) is 0 Å². The number of nitrogens with zero attached hydrogens (tertiary/aromatic N) is 2. The van der Waals surface area contributed by atoms with Gasteiger partial charge in [0.1, 0.15) is 18.1 Å². The van der Waals surface area contributed by atoms with Gasteiger partial charge in [-0.25, -0.2) is 4.68 Å². The first-order valence-electron chi connectivity index (χ1n) is 10.3. The van der Waals surface area contributed by atoms with E-state index in [1.54, 1.807) is 18.2 Å². The molecule has 0 saturated heterocycles. The van der Waals surface area contributed by atoms with Gasteiger partial charge in [-0.1, -0.05) is 53.5 Å². The van der Waals surface area contributed by atoms with Crippen LogP contribution in [-0.2, 0) is 17.5 Å². The summed E-state index contributed by atoms with van der Waals surface area (Å²) in [6.07, 6.45) is 1.99. The summed E-state index contributed by atoms with van der Waals surface area (Å²) in [7, 11) is 0. The number of hydrogen-bond donors (Lipinski definition) is 0. The molecule has 0 radical (unpaired) electrons. The van der Waals surface area contributed by atoms with Gasteiger partial charge in [0.25, 0.3) is 0 Å². The van der Waals surface area contributed by atoms with E-state index in [-0.39, 0.29) is 34.0 Å². The molecule has 3 aromatic rings. The first-order valence-corrected chi connectivity index (χ1v) is 11.1. The number of alkyl halides is 3. The van der Waals surface area contributed by atoms with E-state index in [0.29, 0.717) is 5.76 Å². The van der Waals surface area contributed by atoms with Crippen LogP contribution >= 0.6 is 23.2 Å². The minimum atomic E-state index is -4.61. The SMILES string of the molecule is Cc1cccc(C)c1C1C=CC(OCc2cc(C(F)(F)F)nn2-c2c(Cl)cccc2Cl)=CC1. The number of halogens is 5. The van der Waals surface area contributed by atoms with Crippen LogP contribution in [0.2, 0.25) is 10.0 Å². The first-order chi connectivity index (χ1) is 15.6. The predicted molar refractivity (Wildman–Crippen MR) is 124 cm³/mol. The number of para-hydroxylation sites is 1. The number of aryl methyl sites for hydroxylation is 2. The van der Waals surface area contributed by atoms with Crippen LogP contribution in [0.3, 0.4) is 0 Å². The van der Waals surface area contributed by atoms with Crippen molar-refractivity contribution in [2.24, 2.45) is 0 Å². The van der Waals surface area contributed by atoms with Crippen molar-refractivity contribution in [2.45, 2.75) is 39.0 Å². The second kappa shape index (κ2) is 9.27. The number of allylic oxidation sites excluding steroid dienone is 3. The van der Waals surface area contributed by atoms with Crippen molar-refractivity contribution >= 4 is 23.2 Å². The molecule has 0 bridgehead atoms. The summed E-state index contributed by atoms with van der Waals surface area (Å²) in [5.74, 6) is 0.812. The van der Waals surface area contributed by atoms with Crippen LogP contribution in [0.1, 0.15) is 40.4 Å². The molecule has 172 valence electrons. The van der Waals surface area contributed by atoms with Crippen molar-refractivity contribution < 1.29 is 17.9 Å². The molecular weight excluding hydrogens is 472 g/mol. The van der Waals surface area contributed by atoms with Crippen LogP contribution in [0.25, 0.3) is 5.69 Å². The Morgan fingerprint density at radius 2 is 1.70 bits per heavy atom. The maximum atomic E-state index is 13.4. The van der Waals surface area contributed by atoms with E-state index in [1.807, 2.05) is 18.2 Å². The van der Waals surface area contributed by atoms with Crippen molar-refractivity contribution in [1.29, 1.82) is 0 Å². The Balaban J connectivity index is 1.56. The fourth-order valence-electron chi connectivity index (χ4n) is 4.04. The molecular formula is C25H21Cl2F3N2O. The molecule has 0 aliphatic heterocycles. The summed E-state index contributed by atoms with van der Waals surface area (Å²) < 4.78 is 47.0. The van der Waals surface area contributed by atoms with Gasteiger partial charge in [-0.05, 0) is 67.3 Å². The van der Waals surface area contributed by atoms with Gasteiger partial charge in [-0.3, -0.25) is 0 Å². The topological polar surface area (TPSA) is 27.1 Å². The van der Waals surface area contributed by atoms with Crippen LogP contribution in [0.5, 0.6) is 0 Å².